The normalized spacial score (nSPS) is 20.3. The van der Waals surface area contributed by atoms with E-state index in [1.807, 2.05) is 20.8 Å². The van der Waals surface area contributed by atoms with Crippen LogP contribution >= 0.6 is 35.3 Å². The molecular formula is C20H23N5O6S3. The summed E-state index contributed by atoms with van der Waals surface area (Å²) in [5, 5.41) is 16.1. The predicted molar refractivity (Wildman–Crippen MR) is 131 cm³/mol. The Kier molecular flexibility index (Phi) is 7.63. The number of fused-ring (bicyclic) bond motifs is 1. The van der Waals surface area contributed by atoms with E-state index in [1.165, 1.54) is 28.1 Å². The summed E-state index contributed by atoms with van der Waals surface area (Å²) in [6.45, 7) is 8.89. The first-order valence-electron chi connectivity index (χ1n) is 9.88. The van der Waals surface area contributed by atoms with Gasteiger partial charge in [0.1, 0.15) is 22.8 Å². The number of thiocarbonyl (C=S) groups is 1. The number of rotatable bonds is 7. The maximum atomic E-state index is 12.9. The van der Waals surface area contributed by atoms with E-state index in [0.29, 0.717) is 11.3 Å². The minimum atomic E-state index is -0.955. The molecule has 2 atom stereocenters. The molecule has 3 heterocycles. The van der Waals surface area contributed by atoms with Gasteiger partial charge >= 0.3 is 5.97 Å². The number of hydrogen-bond acceptors (Lipinski definition) is 12. The molecule has 3 rings (SSSR count). The molecule has 0 bridgehead atoms. The van der Waals surface area contributed by atoms with Crippen molar-refractivity contribution < 1.29 is 29.1 Å². The van der Waals surface area contributed by atoms with Gasteiger partial charge in [0, 0.05) is 16.5 Å². The summed E-state index contributed by atoms with van der Waals surface area (Å²) in [5.74, 6) is -1.75. The van der Waals surface area contributed by atoms with E-state index in [1.54, 1.807) is 0 Å². The van der Waals surface area contributed by atoms with Crippen molar-refractivity contribution in [1.82, 2.24) is 15.2 Å². The Bertz CT molecular complexity index is 1110. The lowest BCUT2D eigenvalue weighted by molar-refractivity contribution is -0.156. The topological polar surface area (TPSA) is 156 Å². The molecule has 2 aliphatic rings. The monoisotopic (exact) mass is 525 g/mol. The number of nitrogens with zero attached hydrogens (tertiary/aromatic N) is 3. The third-order valence-corrected chi connectivity index (χ3v) is 7.50. The van der Waals surface area contributed by atoms with Crippen molar-refractivity contribution in [2.75, 3.05) is 18.3 Å². The van der Waals surface area contributed by atoms with Gasteiger partial charge in [-0.2, -0.15) is 0 Å². The number of amides is 2. The first-order chi connectivity index (χ1) is 16.0. The number of hydrogen-bond donors (Lipinski definition) is 3. The number of nitrogen functional groups attached to an aromatic ring is 1. The highest BCUT2D eigenvalue weighted by Gasteiger charge is 2.54. The number of β-lactam (4-membered cyclic amide) rings is 1. The van der Waals surface area contributed by atoms with Crippen LogP contribution in [0.25, 0.3) is 0 Å². The van der Waals surface area contributed by atoms with Gasteiger partial charge in [0.05, 0.1) is 0 Å². The second-order valence-electron chi connectivity index (χ2n) is 8.19. The molecule has 0 radical (unpaired) electrons. The Morgan fingerprint density at radius 2 is 2.18 bits per heavy atom. The maximum absolute atomic E-state index is 12.9. The van der Waals surface area contributed by atoms with Gasteiger partial charge in [0.15, 0.2) is 15.9 Å². The zero-order chi connectivity index (χ0) is 25.2. The predicted octanol–water partition coefficient (Wildman–Crippen LogP) is 1.63. The highest BCUT2D eigenvalue weighted by Crippen LogP contribution is 2.41. The summed E-state index contributed by atoms with van der Waals surface area (Å²) in [6, 6.07) is -0.955. The molecule has 4 N–H and O–H groups in total. The third kappa shape index (κ3) is 5.08. The SMILES string of the molecule is C=CC1=C(C(=O)OCOC(=S)C(C)(C)C)N2C(=O)C(NC(=O)C(=NO)c3csc(N)n3)[C@H]2SC1. The van der Waals surface area contributed by atoms with Crippen molar-refractivity contribution in [2.24, 2.45) is 10.6 Å². The second kappa shape index (κ2) is 10.1. The number of thioether (sulfide) groups is 1. The molecule has 1 aromatic rings. The van der Waals surface area contributed by atoms with Crippen LogP contribution < -0.4 is 11.1 Å². The molecule has 1 fully saturated rings. The van der Waals surface area contributed by atoms with E-state index < -0.39 is 41.4 Å². The number of anilines is 1. The number of nitrogens with two attached hydrogens (primary N) is 1. The Balaban J connectivity index is 1.69. The molecule has 0 aliphatic carbocycles. The van der Waals surface area contributed by atoms with Crippen LogP contribution in [0.3, 0.4) is 0 Å². The minimum absolute atomic E-state index is 0.0304. The summed E-state index contributed by atoms with van der Waals surface area (Å²) >= 11 is 7.56. The molecule has 1 aromatic heterocycles. The fourth-order valence-electron chi connectivity index (χ4n) is 3.03. The van der Waals surface area contributed by atoms with Crippen LogP contribution in [0, 0.1) is 5.41 Å². The third-order valence-electron chi connectivity index (χ3n) is 4.80. The molecule has 2 amide bonds. The van der Waals surface area contributed by atoms with Crippen molar-refractivity contribution in [3.05, 3.63) is 35.0 Å². The van der Waals surface area contributed by atoms with E-state index in [0.717, 1.165) is 11.3 Å². The van der Waals surface area contributed by atoms with Crippen LogP contribution in [0.15, 0.2) is 34.5 Å². The van der Waals surface area contributed by atoms with Crippen LogP contribution in [0.5, 0.6) is 0 Å². The van der Waals surface area contributed by atoms with Gasteiger partial charge in [-0.15, -0.1) is 23.1 Å². The Morgan fingerprint density at radius 3 is 2.74 bits per heavy atom. The molecule has 0 aromatic carbocycles. The molecule has 14 heteroatoms. The number of esters is 1. The number of allylic oxidation sites excluding steroid dienone is 1. The summed E-state index contributed by atoms with van der Waals surface area (Å²) in [6.07, 6.45) is 1.48. The molecule has 0 spiro atoms. The molecule has 0 saturated carbocycles. The number of thiazole rings is 1. The fourth-order valence-corrected chi connectivity index (χ4v) is 4.96. The van der Waals surface area contributed by atoms with Crippen molar-refractivity contribution in [1.29, 1.82) is 0 Å². The fraction of sp³-hybridized carbons (Fsp3) is 0.400. The van der Waals surface area contributed by atoms with Crippen LogP contribution in [0.1, 0.15) is 26.5 Å². The highest BCUT2D eigenvalue weighted by molar-refractivity contribution is 8.00. The van der Waals surface area contributed by atoms with Crippen LogP contribution in [-0.4, -0.2) is 67.6 Å². The number of nitrogens with one attached hydrogen (secondary N) is 1. The van der Waals surface area contributed by atoms with E-state index in [-0.39, 0.29) is 27.3 Å². The number of aromatic nitrogens is 1. The van der Waals surface area contributed by atoms with E-state index >= 15 is 0 Å². The standard InChI is InChI=1S/C20H23N5O6S3/c1-5-9-6-33-16-12(23-14(26)11(24-29)10-7-34-19(21)22-10)15(27)25(16)13(9)17(28)30-8-31-18(32)20(2,3)4/h5,7,12,16,29H,1,6,8H2,2-4H3,(H2,21,22)(H,23,26)/t12?,16-/m1/s1. The largest absolute Gasteiger partial charge is 0.450 e. The zero-order valence-corrected chi connectivity index (χ0v) is 21.0. The van der Waals surface area contributed by atoms with E-state index in [9.17, 15) is 19.6 Å². The van der Waals surface area contributed by atoms with Crippen molar-refractivity contribution in [3.8, 4) is 0 Å². The van der Waals surface area contributed by atoms with Crippen molar-refractivity contribution in [2.45, 2.75) is 32.2 Å². The summed E-state index contributed by atoms with van der Waals surface area (Å²) in [5.41, 5.74) is 5.40. The molecule has 34 heavy (non-hydrogen) atoms. The lowest BCUT2D eigenvalue weighted by Crippen LogP contribution is -2.71. The first kappa shape index (κ1) is 25.6. The Labute approximate surface area is 209 Å². The van der Waals surface area contributed by atoms with Gasteiger partial charge < -0.3 is 25.7 Å². The molecule has 182 valence electrons. The summed E-state index contributed by atoms with van der Waals surface area (Å²) in [4.78, 5) is 43.5. The van der Waals surface area contributed by atoms with Gasteiger partial charge in [-0.3, -0.25) is 14.5 Å². The Morgan fingerprint density at radius 1 is 1.47 bits per heavy atom. The number of ether oxygens (including phenoxy) is 2. The zero-order valence-electron chi connectivity index (χ0n) is 18.6. The number of carbonyl (C=O) groups excluding carboxylic acids is 3. The minimum Gasteiger partial charge on any atom is -0.450 e. The molecule has 2 aliphatic heterocycles. The van der Waals surface area contributed by atoms with E-state index in [2.05, 4.69) is 22.0 Å². The molecule has 1 saturated heterocycles. The highest BCUT2D eigenvalue weighted by atomic mass is 32.2. The molecule has 1 unspecified atom stereocenters. The lowest BCUT2D eigenvalue weighted by Gasteiger charge is -2.49. The first-order valence-corrected chi connectivity index (χ1v) is 12.2. The van der Waals surface area contributed by atoms with E-state index in [4.69, 9.17) is 27.4 Å². The molecule has 11 nitrogen and oxygen atoms in total. The van der Waals surface area contributed by atoms with Crippen LogP contribution in [0.2, 0.25) is 0 Å². The number of oxime groups is 1. The van der Waals surface area contributed by atoms with Crippen molar-refractivity contribution >= 4 is 69.0 Å². The van der Waals surface area contributed by atoms with Gasteiger partial charge in [-0.1, -0.05) is 38.6 Å². The maximum Gasteiger partial charge on any atom is 0.358 e. The van der Waals surface area contributed by atoms with Gasteiger partial charge in [-0.25, -0.2) is 9.78 Å². The smallest absolute Gasteiger partial charge is 0.358 e. The van der Waals surface area contributed by atoms with Crippen molar-refractivity contribution in [3.63, 3.8) is 0 Å². The van der Waals surface area contributed by atoms with Crippen LogP contribution in [-0.2, 0) is 23.9 Å². The van der Waals surface area contributed by atoms with Gasteiger partial charge in [-0.05, 0) is 17.8 Å². The quantitative estimate of drug-likeness (QED) is 0.0909. The second-order valence-corrected chi connectivity index (χ2v) is 10.6. The Hall–Kier alpha value is -2.97. The summed E-state index contributed by atoms with van der Waals surface area (Å²) in [7, 11) is 0. The molecular weight excluding hydrogens is 502 g/mol. The lowest BCUT2D eigenvalue weighted by atomic mass is 9.98. The van der Waals surface area contributed by atoms with Gasteiger partial charge in [0.25, 0.3) is 11.8 Å². The average Bonchev–Trinajstić information content (AvgIpc) is 3.21. The van der Waals surface area contributed by atoms with Crippen LogP contribution in [0.4, 0.5) is 5.13 Å². The van der Waals surface area contributed by atoms with Gasteiger partial charge in [0.2, 0.25) is 6.79 Å². The number of carbonyl (C=O) groups is 3. The summed E-state index contributed by atoms with van der Waals surface area (Å²) < 4.78 is 10.5. The average molecular weight is 526 g/mol.